The van der Waals surface area contributed by atoms with Crippen molar-refractivity contribution < 1.29 is 0 Å². The quantitative estimate of drug-likeness (QED) is 0.768. The van der Waals surface area contributed by atoms with E-state index in [1.165, 1.54) is 56.2 Å². The molecule has 0 aromatic carbocycles. The van der Waals surface area contributed by atoms with E-state index in [0.29, 0.717) is 12.0 Å². The van der Waals surface area contributed by atoms with E-state index < -0.39 is 0 Å². The highest BCUT2D eigenvalue weighted by Crippen LogP contribution is 2.49. The summed E-state index contributed by atoms with van der Waals surface area (Å²) in [5.41, 5.74) is 0.758. The van der Waals surface area contributed by atoms with Crippen molar-refractivity contribution in [2.45, 2.75) is 77.3 Å². The number of nitrogens with one attached hydrogen (secondary N) is 1. The smallest absolute Gasteiger partial charge is 0.0440 e. The molecule has 2 saturated carbocycles. The maximum atomic E-state index is 3.97. The summed E-state index contributed by atoms with van der Waals surface area (Å²) in [7, 11) is 0. The standard InChI is InChI=1S/C18H29NS/c1-14(2)17(16-6-5-13-20-16)19-15-7-11-18(12-8-15)9-3-4-10-18/h5-6,13-15,17,19H,3-4,7-12H2,1-2H3. The molecule has 1 atom stereocenters. The molecular weight excluding hydrogens is 262 g/mol. The molecule has 0 radical (unpaired) electrons. The molecule has 1 aromatic rings. The second kappa shape index (κ2) is 6.19. The first kappa shape index (κ1) is 14.6. The second-order valence-electron chi connectivity index (χ2n) is 7.39. The molecule has 20 heavy (non-hydrogen) atoms. The molecule has 1 N–H and O–H groups in total. The Kier molecular flexibility index (Phi) is 4.52. The van der Waals surface area contributed by atoms with Gasteiger partial charge < -0.3 is 5.32 Å². The third-order valence-electron chi connectivity index (χ3n) is 5.64. The van der Waals surface area contributed by atoms with Crippen LogP contribution in [0.4, 0.5) is 0 Å². The van der Waals surface area contributed by atoms with Crippen LogP contribution in [-0.4, -0.2) is 6.04 Å². The molecule has 0 bridgehead atoms. The highest BCUT2D eigenvalue weighted by Gasteiger charge is 2.38. The van der Waals surface area contributed by atoms with Gasteiger partial charge in [0.2, 0.25) is 0 Å². The number of hydrogen-bond donors (Lipinski definition) is 1. The van der Waals surface area contributed by atoms with Crippen LogP contribution in [0.15, 0.2) is 17.5 Å². The van der Waals surface area contributed by atoms with E-state index in [-0.39, 0.29) is 0 Å². The van der Waals surface area contributed by atoms with Crippen molar-refractivity contribution in [3.8, 4) is 0 Å². The molecule has 1 aromatic heterocycles. The van der Waals surface area contributed by atoms with E-state index >= 15 is 0 Å². The minimum Gasteiger partial charge on any atom is -0.306 e. The van der Waals surface area contributed by atoms with Crippen LogP contribution in [0.2, 0.25) is 0 Å². The van der Waals surface area contributed by atoms with Crippen LogP contribution in [0.5, 0.6) is 0 Å². The van der Waals surface area contributed by atoms with Crippen LogP contribution in [0, 0.1) is 11.3 Å². The Bertz CT molecular complexity index is 393. The Labute approximate surface area is 128 Å². The molecule has 2 aliphatic rings. The molecule has 0 saturated heterocycles. The maximum Gasteiger partial charge on any atom is 0.0440 e. The van der Waals surface area contributed by atoms with Crippen LogP contribution < -0.4 is 5.32 Å². The van der Waals surface area contributed by atoms with Crippen LogP contribution in [0.1, 0.15) is 76.1 Å². The Morgan fingerprint density at radius 1 is 1.15 bits per heavy atom. The van der Waals surface area contributed by atoms with E-state index in [2.05, 4.69) is 36.7 Å². The zero-order valence-corrected chi connectivity index (χ0v) is 13.8. The van der Waals surface area contributed by atoms with Gasteiger partial charge in [-0.3, -0.25) is 0 Å². The van der Waals surface area contributed by atoms with Gasteiger partial charge in [0.15, 0.2) is 0 Å². The molecule has 3 rings (SSSR count). The highest BCUT2D eigenvalue weighted by molar-refractivity contribution is 7.10. The fourth-order valence-electron chi connectivity index (χ4n) is 4.35. The molecule has 1 unspecified atom stereocenters. The molecule has 2 aliphatic carbocycles. The summed E-state index contributed by atoms with van der Waals surface area (Å²) < 4.78 is 0. The van der Waals surface area contributed by atoms with Gasteiger partial charge in [-0.2, -0.15) is 0 Å². The van der Waals surface area contributed by atoms with Crippen LogP contribution >= 0.6 is 11.3 Å². The summed E-state index contributed by atoms with van der Waals surface area (Å²) in [5.74, 6) is 0.677. The van der Waals surface area contributed by atoms with Crippen molar-refractivity contribution in [1.82, 2.24) is 5.32 Å². The average molecular weight is 292 g/mol. The topological polar surface area (TPSA) is 12.0 Å². The van der Waals surface area contributed by atoms with E-state index in [1.807, 2.05) is 11.3 Å². The number of rotatable bonds is 4. The summed E-state index contributed by atoms with van der Waals surface area (Å²) in [4.78, 5) is 1.51. The van der Waals surface area contributed by atoms with Gasteiger partial charge in [-0.05, 0) is 61.3 Å². The first-order valence-electron chi connectivity index (χ1n) is 8.48. The van der Waals surface area contributed by atoms with Gasteiger partial charge in [-0.1, -0.05) is 32.8 Å². The van der Waals surface area contributed by atoms with Crippen molar-refractivity contribution in [1.29, 1.82) is 0 Å². The van der Waals surface area contributed by atoms with Gasteiger partial charge in [0, 0.05) is 17.0 Å². The zero-order valence-electron chi connectivity index (χ0n) is 13.0. The SMILES string of the molecule is CC(C)C(NC1CCC2(CCCC2)CC1)c1cccs1. The van der Waals surface area contributed by atoms with Gasteiger partial charge in [0.1, 0.15) is 0 Å². The van der Waals surface area contributed by atoms with Gasteiger partial charge in [-0.15, -0.1) is 11.3 Å². The van der Waals surface area contributed by atoms with Crippen molar-refractivity contribution >= 4 is 11.3 Å². The summed E-state index contributed by atoms with van der Waals surface area (Å²) in [6, 6.07) is 5.78. The zero-order chi connectivity index (χ0) is 14.0. The van der Waals surface area contributed by atoms with Crippen LogP contribution in [-0.2, 0) is 0 Å². The molecule has 2 fully saturated rings. The normalized spacial score (nSPS) is 24.6. The first-order valence-corrected chi connectivity index (χ1v) is 9.36. The molecular formula is C18H29NS. The molecule has 1 spiro atoms. The Hall–Kier alpha value is -0.340. The molecule has 2 heteroatoms. The molecule has 112 valence electrons. The van der Waals surface area contributed by atoms with E-state index in [1.54, 1.807) is 0 Å². The van der Waals surface area contributed by atoms with E-state index in [4.69, 9.17) is 0 Å². The van der Waals surface area contributed by atoms with Gasteiger partial charge >= 0.3 is 0 Å². The fraction of sp³-hybridized carbons (Fsp3) is 0.778. The van der Waals surface area contributed by atoms with E-state index in [0.717, 1.165) is 11.5 Å². The second-order valence-corrected chi connectivity index (χ2v) is 8.36. The number of thiophene rings is 1. The minimum atomic E-state index is 0.553. The number of hydrogen-bond acceptors (Lipinski definition) is 2. The molecule has 0 aliphatic heterocycles. The fourth-order valence-corrected chi connectivity index (χ4v) is 5.31. The molecule has 1 nitrogen and oxygen atoms in total. The third kappa shape index (κ3) is 3.12. The summed E-state index contributed by atoms with van der Waals surface area (Å²) in [6.07, 6.45) is 11.7. The van der Waals surface area contributed by atoms with Crippen molar-refractivity contribution in [3.63, 3.8) is 0 Å². The lowest BCUT2D eigenvalue weighted by Crippen LogP contribution is -2.40. The van der Waals surface area contributed by atoms with Crippen molar-refractivity contribution in [3.05, 3.63) is 22.4 Å². The monoisotopic (exact) mass is 291 g/mol. The average Bonchev–Trinajstić information content (AvgIpc) is 3.10. The van der Waals surface area contributed by atoms with Gasteiger partial charge in [0.05, 0.1) is 0 Å². The Balaban J connectivity index is 1.58. The van der Waals surface area contributed by atoms with E-state index in [9.17, 15) is 0 Å². The van der Waals surface area contributed by atoms with Gasteiger partial charge in [0.25, 0.3) is 0 Å². The van der Waals surface area contributed by atoms with Gasteiger partial charge in [-0.25, -0.2) is 0 Å². The highest BCUT2D eigenvalue weighted by atomic mass is 32.1. The summed E-state index contributed by atoms with van der Waals surface area (Å²) in [6.45, 7) is 4.69. The Morgan fingerprint density at radius 2 is 1.85 bits per heavy atom. The minimum absolute atomic E-state index is 0.553. The lowest BCUT2D eigenvalue weighted by atomic mass is 9.71. The molecule has 1 heterocycles. The lowest BCUT2D eigenvalue weighted by molar-refractivity contribution is 0.158. The lowest BCUT2D eigenvalue weighted by Gasteiger charge is -2.39. The molecule has 0 amide bonds. The van der Waals surface area contributed by atoms with Crippen molar-refractivity contribution in [2.75, 3.05) is 0 Å². The predicted molar refractivity (Wildman–Crippen MR) is 88.2 cm³/mol. The maximum absolute atomic E-state index is 3.97. The predicted octanol–water partition coefficient (Wildman–Crippen LogP) is 5.54. The Morgan fingerprint density at radius 3 is 2.40 bits per heavy atom. The van der Waals surface area contributed by atoms with Crippen LogP contribution in [0.25, 0.3) is 0 Å². The van der Waals surface area contributed by atoms with Crippen LogP contribution in [0.3, 0.4) is 0 Å². The third-order valence-corrected chi connectivity index (χ3v) is 6.60. The summed E-state index contributed by atoms with van der Waals surface area (Å²) >= 11 is 1.90. The first-order chi connectivity index (χ1) is 9.69. The largest absolute Gasteiger partial charge is 0.306 e. The summed E-state index contributed by atoms with van der Waals surface area (Å²) in [5, 5.41) is 6.18. The van der Waals surface area contributed by atoms with Crippen molar-refractivity contribution in [2.24, 2.45) is 11.3 Å².